The molecule has 3 atom stereocenters. The van der Waals surface area contributed by atoms with Crippen molar-refractivity contribution < 1.29 is 9.84 Å². The molecule has 2 aromatic carbocycles. The van der Waals surface area contributed by atoms with Crippen molar-refractivity contribution in [1.29, 1.82) is 0 Å². The lowest BCUT2D eigenvalue weighted by Crippen LogP contribution is -2.29. The monoisotopic (exact) mass is 293 g/mol. The largest absolute Gasteiger partial charge is 0.506 e. The maximum absolute atomic E-state index is 10.2. The Bertz CT molecular complexity index is 738. The zero-order valence-corrected chi connectivity index (χ0v) is 12.5. The van der Waals surface area contributed by atoms with Crippen LogP contribution in [0.1, 0.15) is 29.5 Å². The Kier molecular flexibility index (Phi) is 3.07. The van der Waals surface area contributed by atoms with Gasteiger partial charge in [-0.05, 0) is 30.0 Å². The molecule has 1 heterocycles. The second-order valence-corrected chi connectivity index (χ2v) is 5.96. The van der Waals surface area contributed by atoms with Gasteiger partial charge in [0.1, 0.15) is 11.5 Å². The Morgan fingerprint density at radius 3 is 2.77 bits per heavy atom. The molecule has 1 aliphatic carbocycles. The number of fused-ring (bicyclic) bond motifs is 3. The van der Waals surface area contributed by atoms with E-state index in [0.29, 0.717) is 17.6 Å². The fourth-order valence-electron chi connectivity index (χ4n) is 3.84. The van der Waals surface area contributed by atoms with Crippen molar-refractivity contribution in [3.05, 3.63) is 65.7 Å². The van der Waals surface area contributed by atoms with E-state index in [1.54, 1.807) is 13.2 Å². The smallest absolute Gasteiger partial charge is 0.138 e. The van der Waals surface area contributed by atoms with Crippen LogP contribution in [0.15, 0.2) is 54.6 Å². The van der Waals surface area contributed by atoms with Gasteiger partial charge in [-0.15, -0.1) is 0 Å². The predicted octanol–water partition coefficient (Wildman–Crippen LogP) is 4.23. The molecule has 1 aliphatic heterocycles. The van der Waals surface area contributed by atoms with Crippen molar-refractivity contribution in [3.8, 4) is 11.5 Å². The molecule has 3 nitrogen and oxygen atoms in total. The van der Waals surface area contributed by atoms with Gasteiger partial charge in [0.15, 0.2) is 0 Å². The van der Waals surface area contributed by atoms with Crippen LogP contribution >= 0.6 is 0 Å². The molecule has 0 saturated carbocycles. The number of para-hydroxylation sites is 2. The minimum absolute atomic E-state index is 0.136. The van der Waals surface area contributed by atoms with Gasteiger partial charge in [0.05, 0.1) is 18.8 Å². The van der Waals surface area contributed by atoms with Gasteiger partial charge in [-0.1, -0.05) is 42.5 Å². The highest BCUT2D eigenvalue weighted by molar-refractivity contribution is 5.67. The highest BCUT2D eigenvalue weighted by Crippen LogP contribution is 2.52. The van der Waals surface area contributed by atoms with E-state index in [0.717, 1.165) is 23.4 Å². The molecule has 0 saturated heterocycles. The fourth-order valence-corrected chi connectivity index (χ4v) is 3.84. The summed E-state index contributed by atoms with van der Waals surface area (Å²) in [5.41, 5.74) is 3.19. The van der Waals surface area contributed by atoms with E-state index in [9.17, 15) is 5.11 Å². The summed E-state index contributed by atoms with van der Waals surface area (Å²) in [7, 11) is 1.71. The Labute approximate surface area is 130 Å². The maximum Gasteiger partial charge on any atom is 0.138 e. The number of rotatable bonds is 2. The Balaban J connectivity index is 1.84. The van der Waals surface area contributed by atoms with E-state index in [-0.39, 0.29) is 6.04 Å². The van der Waals surface area contributed by atoms with Crippen LogP contribution in [0.4, 0.5) is 5.69 Å². The number of anilines is 1. The summed E-state index contributed by atoms with van der Waals surface area (Å²) in [6.07, 6.45) is 5.56. The third-order valence-corrected chi connectivity index (χ3v) is 4.85. The number of phenolic OH excluding ortho intramolecular Hbond substituents is 1. The molecule has 2 aromatic rings. The molecule has 3 unspecified atom stereocenters. The van der Waals surface area contributed by atoms with Crippen LogP contribution in [0, 0.1) is 5.92 Å². The van der Waals surface area contributed by atoms with Gasteiger partial charge in [0.2, 0.25) is 0 Å². The average molecular weight is 293 g/mol. The van der Waals surface area contributed by atoms with Crippen molar-refractivity contribution in [2.24, 2.45) is 5.92 Å². The van der Waals surface area contributed by atoms with Crippen molar-refractivity contribution >= 4 is 5.69 Å². The number of aromatic hydroxyl groups is 1. The van der Waals surface area contributed by atoms with Gasteiger partial charge in [-0.3, -0.25) is 0 Å². The molecule has 0 radical (unpaired) electrons. The molecule has 3 heteroatoms. The third kappa shape index (κ3) is 1.89. The summed E-state index contributed by atoms with van der Waals surface area (Å²) in [6.45, 7) is 0. The first-order chi connectivity index (χ1) is 10.8. The Morgan fingerprint density at radius 1 is 1.09 bits per heavy atom. The van der Waals surface area contributed by atoms with E-state index >= 15 is 0 Å². The molecular weight excluding hydrogens is 274 g/mol. The van der Waals surface area contributed by atoms with Gasteiger partial charge < -0.3 is 15.2 Å². The number of ether oxygens (including phenoxy) is 1. The lowest BCUT2D eigenvalue weighted by molar-refractivity contribution is 0.378. The first-order valence-electron chi connectivity index (χ1n) is 7.67. The fraction of sp³-hybridized carbons (Fsp3) is 0.263. The number of benzene rings is 2. The SMILES string of the molecule is COc1ccccc1C1Nc2c(O)cccc2C2C=CCC21. The highest BCUT2D eigenvalue weighted by atomic mass is 16.5. The zero-order valence-electron chi connectivity index (χ0n) is 12.5. The molecule has 22 heavy (non-hydrogen) atoms. The van der Waals surface area contributed by atoms with Crippen molar-refractivity contribution in [1.82, 2.24) is 0 Å². The number of phenols is 1. The standard InChI is InChI=1S/C19H19NO2/c1-22-17-11-3-2-6-15(17)18-13-8-4-7-12(13)14-9-5-10-16(21)19(14)20-18/h2-7,9-13,18,20-21H,8H2,1H3. The molecule has 112 valence electrons. The van der Waals surface area contributed by atoms with Crippen LogP contribution in [-0.4, -0.2) is 12.2 Å². The summed E-state index contributed by atoms with van der Waals surface area (Å²) in [6, 6.07) is 14.0. The number of methoxy groups -OCH3 is 1. The summed E-state index contributed by atoms with van der Waals surface area (Å²) >= 11 is 0. The second-order valence-electron chi connectivity index (χ2n) is 5.96. The Morgan fingerprint density at radius 2 is 1.91 bits per heavy atom. The van der Waals surface area contributed by atoms with Crippen LogP contribution in [0.5, 0.6) is 11.5 Å². The zero-order chi connectivity index (χ0) is 15.1. The first kappa shape index (κ1) is 13.3. The summed E-state index contributed by atoms with van der Waals surface area (Å²) < 4.78 is 5.54. The Hall–Kier alpha value is -2.42. The number of nitrogens with one attached hydrogen (secondary N) is 1. The lowest BCUT2D eigenvalue weighted by atomic mass is 9.76. The normalized spacial score (nSPS) is 25.2. The van der Waals surface area contributed by atoms with Gasteiger partial charge >= 0.3 is 0 Å². The summed E-state index contributed by atoms with van der Waals surface area (Å²) in [5, 5.41) is 13.8. The molecule has 0 aromatic heterocycles. The third-order valence-electron chi connectivity index (χ3n) is 4.85. The van der Waals surface area contributed by atoms with Crippen LogP contribution in [0.2, 0.25) is 0 Å². The minimum atomic E-state index is 0.136. The van der Waals surface area contributed by atoms with Gasteiger partial charge in [0.25, 0.3) is 0 Å². The van der Waals surface area contributed by atoms with Crippen LogP contribution < -0.4 is 10.1 Å². The average Bonchev–Trinajstić information content (AvgIpc) is 3.04. The first-order valence-corrected chi connectivity index (χ1v) is 7.67. The van der Waals surface area contributed by atoms with Crippen molar-refractivity contribution in [2.75, 3.05) is 12.4 Å². The van der Waals surface area contributed by atoms with Crippen LogP contribution in [0.3, 0.4) is 0 Å². The topological polar surface area (TPSA) is 41.5 Å². The second kappa shape index (κ2) is 5.09. The molecule has 4 rings (SSSR count). The number of allylic oxidation sites excluding steroid dienone is 2. The van der Waals surface area contributed by atoms with Crippen LogP contribution in [0.25, 0.3) is 0 Å². The molecule has 0 fully saturated rings. The quantitative estimate of drug-likeness (QED) is 0.643. The molecular formula is C19H19NO2. The number of hydrogen-bond acceptors (Lipinski definition) is 3. The van der Waals surface area contributed by atoms with Gasteiger partial charge in [0, 0.05) is 11.5 Å². The molecule has 0 amide bonds. The van der Waals surface area contributed by atoms with E-state index < -0.39 is 0 Å². The molecule has 2 N–H and O–H groups in total. The van der Waals surface area contributed by atoms with E-state index in [1.807, 2.05) is 24.3 Å². The summed E-state index contributed by atoms with van der Waals surface area (Å²) in [4.78, 5) is 0. The maximum atomic E-state index is 10.2. The van der Waals surface area contributed by atoms with Gasteiger partial charge in [-0.2, -0.15) is 0 Å². The van der Waals surface area contributed by atoms with Crippen LogP contribution in [-0.2, 0) is 0 Å². The minimum Gasteiger partial charge on any atom is -0.506 e. The van der Waals surface area contributed by atoms with Crippen molar-refractivity contribution in [3.63, 3.8) is 0 Å². The number of hydrogen-bond donors (Lipinski definition) is 2. The molecule has 0 bridgehead atoms. The van der Waals surface area contributed by atoms with Gasteiger partial charge in [-0.25, -0.2) is 0 Å². The van der Waals surface area contributed by atoms with E-state index in [1.165, 1.54) is 5.56 Å². The molecule has 0 spiro atoms. The predicted molar refractivity (Wildman–Crippen MR) is 87.5 cm³/mol. The van der Waals surface area contributed by atoms with E-state index in [4.69, 9.17) is 4.74 Å². The summed E-state index contributed by atoms with van der Waals surface area (Å²) in [5.74, 6) is 2.00. The van der Waals surface area contributed by atoms with Crippen molar-refractivity contribution in [2.45, 2.75) is 18.4 Å². The highest BCUT2D eigenvalue weighted by Gasteiger charge is 2.39. The molecule has 2 aliphatic rings. The van der Waals surface area contributed by atoms with E-state index in [2.05, 4.69) is 29.6 Å². The lowest BCUT2D eigenvalue weighted by Gasteiger charge is -2.38.